The summed E-state index contributed by atoms with van der Waals surface area (Å²) in [6, 6.07) is 16.1. The van der Waals surface area contributed by atoms with Crippen LogP contribution in [0.1, 0.15) is 82.4 Å². The molecule has 6 rings (SSSR count). The third-order valence-corrected chi connectivity index (χ3v) is 9.79. The molecule has 0 unspecified atom stereocenters. The molecule has 3 saturated carbocycles. The fourth-order valence-electron chi connectivity index (χ4n) is 7.44. The average Bonchev–Trinajstić information content (AvgIpc) is 3.82. The number of aromatic nitrogens is 1. The first-order chi connectivity index (χ1) is 18.8. The Morgan fingerprint density at radius 1 is 1.03 bits per heavy atom. The van der Waals surface area contributed by atoms with Crippen LogP contribution in [0, 0.1) is 18.3 Å². The van der Waals surface area contributed by atoms with Crippen molar-refractivity contribution in [2.24, 2.45) is 11.3 Å². The number of hydrogen-bond acceptors (Lipinski definition) is 3. The molecule has 2 N–H and O–H groups in total. The summed E-state index contributed by atoms with van der Waals surface area (Å²) in [5.41, 5.74) is 3.72. The van der Waals surface area contributed by atoms with Gasteiger partial charge >= 0.3 is 0 Å². The molecule has 3 aliphatic carbocycles. The van der Waals surface area contributed by atoms with Crippen LogP contribution in [0.2, 0.25) is 0 Å². The van der Waals surface area contributed by atoms with E-state index in [9.17, 15) is 9.59 Å². The van der Waals surface area contributed by atoms with Gasteiger partial charge in [-0.25, -0.2) is 0 Å². The second kappa shape index (κ2) is 9.72. The number of methoxy groups -OCH3 is 1. The van der Waals surface area contributed by atoms with Crippen LogP contribution in [0.15, 0.2) is 48.5 Å². The zero-order chi connectivity index (χ0) is 27.4. The van der Waals surface area contributed by atoms with Gasteiger partial charge in [0.1, 0.15) is 11.3 Å². The minimum Gasteiger partial charge on any atom is -0.497 e. The number of aryl methyl sites for hydroxylation is 1. The number of para-hydroxylation sites is 1. The highest BCUT2D eigenvalue weighted by molar-refractivity contribution is 6.01. The van der Waals surface area contributed by atoms with Crippen molar-refractivity contribution in [3.63, 3.8) is 0 Å². The summed E-state index contributed by atoms with van der Waals surface area (Å²) in [6.45, 7) is 6.75. The van der Waals surface area contributed by atoms with Crippen LogP contribution in [-0.2, 0) is 9.59 Å². The van der Waals surface area contributed by atoms with E-state index in [1.807, 2.05) is 24.3 Å². The Balaban J connectivity index is 1.27. The van der Waals surface area contributed by atoms with E-state index >= 15 is 0 Å². The molecule has 0 bridgehead atoms. The number of benzene rings is 2. The fourth-order valence-corrected chi connectivity index (χ4v) is 7.44. The Labute approximate surface area is 231 Å². The zero-order valence-corrected chi connectivity index (χ0v) is 23.7. The van der Waals surface area contributed by atoms with E-state index in [0.717, 1.165) is 61.9 Å². The molecule has 1 heterocycles. The largest absolute Gasteiger partial charge is 0.497 e. The minimum atomic E-state index is -0.776. The second-order valence-electron chi connectivity index (χ2n) is 12.6. The summed E-state index contributed by atoms with van der Waals surface area (Å²) >= 11 is 0. The van der Waals surface area contributed by atoms with Crippen molar-refractivity contribution in [3.8, 4) is 5.75 Å². The molecular weight excluding hydrogens is 486 g/mol. The number of rotatable bonds is 8. The van der Waals surface area contributed by atoms with Gasteiger partial charge in [-0.3, -0.25) is 9.59 Å². The number of carbonyl (C=O) groups excluding carboxylic acids is 2. The van der Waals surface area contributed by atoms with Gasteiger partial charge in [-0.2, -0.15) is 0 Å². The molecule has 206 valence electrons. The Morgan fingerprint density at radius 2 is 1.72 bits per heavy atom. The average molecular weight is 528 g/mol. The SMILES string of the molecule is COc1ccc(NC(=O)C2(N(C(=O)C[C@@H]3[C@H](c4c(C)[nH]c5ccccc45)C3(C)C)C3CC3)CCCCC2)cc1. The predicted molar refractivity (Wildman–Crippen MR) is 155 cm³/mol. The van der Waals surface area contributed by atoms with Gasteiger partial charge in [0.2, 0.25) is 11.8 Å². The molecule has 3 aliphatic rings. The van der Waals surface area contributed by atoms with E-state index in [4.69, 9.17) is 4.74 Å². The van der Waals surface area contributed by atoms with Gasteiger partial charge in [0.15, 0.2) is 0 Å². The van der Waals surface area contributed by atoms with Gasteiger partial charge in [-0.1, -0.05) is 51.3 Å². The van der Waals surface area contributed by atoms with E-state index in [0.29, 0.717) is 12.3 Å². The van der Waals surface area contributed by atoms with Gasteiger partial charge in [-0.15, -0.1) is 0 Å². The highest BCUT2D eigenvalue weighted by Crippen LogP contribution is 2.67. The number of carbonyl (C=O) groups is 2. The molecule has 2 aromatic carbocycles. The maximum absolute atomic E-state index is 14.3. The standard InChI is InChI=1S/C33H41N3O3/c1-21-29(25-10-6-7-11-27(25)34-21)30-26(32(30,2)3)20-28(37)36(23-14-15-23)33(18-8-5-9-19-33)31(38)35-22-12-16-24(39-4)17-13-22/h6-7,10-13,16-17,23,26,30,34H,5,8-9,14-15,18-20H2,1-4H3,(H,35,38)/t26-,30-/m1/s1. The molecule has 2 amide bonds. The number of amides is 2. The lowest BCUT2D eigenvalue weighted by atomic mass is 9.78. The van der Waals surface area contributed by atoms with Gasteiger partial charge in [0, 0.05) is 34.7 Å². The number of anilines is 1. The number of hydrogen-bond donors (Lipinski definition) is 2. The van der Waals surface area contributed by atoms with Crippen LogP contribution in [0.25, 0.3) is 10.9 Å². The first kappa shape index (κ1) is 26.0. The summed E-state index contributed by atoms with van der Waals surface area (Å²) in [6.07, 6.45) is 6.99. The minimum absolute atomic E-state index is 0.0334. The third kappa shape index (κ3) is 4.52. The molecule has 0 aliphatic heterocycles. The zero-order valence-electron chi connectivity index (χ0n) is 23.7. The molecule has 3 fully saturated rings. The van der Waals surface area contributed by atoms with Crippen LogP contribution in [0.5, 0.6) is 5.75 Å². The van der Waals surface area contributed by atoms with Crippen LogP contribution < -0.4 is 10.1 Å². The lowest BCUT2D eigenvalue weighted by molar-refractivity contribution is -0.149. The van der Waals surface area contributed by atoms with Crippen molar-refractivity contribution < 1.29 is 14.3 Å². The molecule has 0 spiro atoms. The maximum Gasteiger partial charge on any atom is 0.250 e. The molecule has 6 heteroatoms. The Kier molecular flexibility index (Phi) is 6.47. The molecule has 3 aromatic rings. The number of ether oxygens (including phenoxy) is 1. The van der Waals surface area contributed by atoms with Crippen LogP contribution >= 0.6 is 0 Å². The Morgan fingerprint density at radius 3 is 2.38 bits per heavy atom. The number of nitrogens with zero attached hydrogens (tertiary/aromatic N) is 1. The van der Waals surface area contributed by atoms with Gasteiger partial charge < -0.3 is 19.9 Å². The van der Waals surface area contributed by atoms with E-state index in [2.05, 4.69) is 60.2 Å². The number of nitrogens with one attached hydrogen (secondary N) is 2. The summed E-state index contributed by atoms with van der Waals surface area (Å²) in [7, 11) is 1.63. The summed E-state index contributed by atoms with van der Waals surface area (Å²) in [5, 5.41) is 4.44. The number of H-pyrrole nitrogens is 1. The first-order valence-corrected chi connectivity index (χ1v) is 14.6. The molecular formula is C33H41N3O3. The van der Waals surface area contributed by atoms with Gasteiger partial charge in [0.25, 0.3) is 0 Å². The van der Waals surface area contributed by atoms with Crippen LogP contribution in [-0.4, -0.2) is 40.4 Å². The molecule has 1 aromatic heterocycles. The summed E-state index contributed by atoms with van der Waals surface area (Å²) in [4.78, 5) is 34.0. The van der Waals surface area contributed by atoms with E-state index in [-0.39, 0.29) is 29.2 Å². The predicted octanol–water partition coefficient (Wildman–Crippen LogP) is 6.95. The maximum atomic E-state index is 14.3. The quantitative estimate of drug-likeness (QED) is 0.333. The molecule has 2 atom stereocenters. The Bertz CT molecular complexity index is 1380. The van der Waals surface area contributed by atoms with Crippen molar-refractivity contribution in [1.82, 2.24) is 9.88 Å². The number of fused-ring (bicyclic) bond motifs is 1. The number of aromatic amines is 1. The van der Waals surface area contributed by atoms with Crippen LogP contribution in [0.4, 0.5) is 5.69 Å². The lowest BCUT2D eigenvalue weighted by Crippen LogP contribution is -2.61. The van der Waals surface area contributed by atoms with Gasteiger partial charge in [-0.05, 0) is 85.8 Å². The van der Waals surface area contributed by atoms with Crippen molar-refractivity contribution in [1.29, 1.82) is 0 Å². The summed E-state index contributed by atoms with van der Waals surface area (Å²) in [5.74, 6) is 1.46. The van der Waals surface area contributed by atoms with Crippen molar-refractivity contribution in [2.45, 2.75) is 89.6 Å². The lowest BCUT2D eigenvalue weighted by Gasteiger charge is -2.45. The topological polar surface area (TPSA) is 74.4 Å². The van der Waals surface area contributed by atoms with Crippen LogP contribution in [0.3, 0.4) is 0 Å². The third-order valence-electron chi connectivity index (χ3n) is 9.79. The highest BCUT2D eigenvalue weighted by atomic mass is 16.5. The van der Waals surface area contributed by atoms with E-state index < -0.39 is 5.54 Å². The monoisotopic (exact) mass is 527 g/mol. The fraction of sp³-hybridized carbons (Fsp3) is 0.515. The summed E-state index contributed by atoms with van der Waals surface area (Å²) < 4.78 is 5.28. The normalized spacial score (nSPS) is 23.3. The molecule has 0 saturated heterocycles. The molecule has 39 heavy (non-hydrogen) atoms. The Hall–Kier alpha value is -3.28. The van der Waals surface area contributed by atoms with Crippen molar-refractivity contribution in [2.75, 3.05) is 12.4 Å². The van der Waals surface area contributed by atoms with E-state index in [1.54, 1.807) is 7.11 Å². The second-order valence-corrected chi connectivity index (χ2v) is 12.6. The first-order valence-electron chi connectivity index (χ1n) is 14.6. The molecule has 6 nitrogen and oxygen atoms in total. The molecule has 0 radical (unpaired) electrons. The van der Waals surface area contributed by atoms with E-state index in [1.165, 1.54) is 16.6 Å². The van der Waals surface area contributed by atoms with Gasteiger partial charge in [0.05, 0.1) is 7.11 Å². The van der Waals surface area contributed by atoms with Crippen molar-refractivity contribution >= 4 is 28.4 Å². The highest BCUT2D eigenvalue weighted by Gasteiger charge is 2.61. The van der Waals surface area contributed by atoms with Crippen molar-refractivity contribution in [3.05, 3.63) is 59.8 Å². The smallest absolute Gasteiger partial charge is 0.250 e.